The summed E-state index contributed by atoms with van der Waals surface area (Å²) in [5.74, 6) is -0.0651. The van der Waals surface area contributed by atoms with Crippen LogP contribution >= 0.6 is 23.2 Å². The van der Waals surface area contributed by atoms with E-state index in [-0.39, 0.29) is 0 Å². The minimum Gasteiger partial charge on any atom is -0.478 e. The van der Waals surface area contributed by atoms with Gasteiger partial charge < -0.3 is 9.52 Å². The number of hydrogen-bond acceptors (Lipinski definition) is 2. The molecule has 0 saturated heterocycles. The van der Waals surface area contributed by atoms with Crippen molar-refractivity contribution in [1.29, 1.82) is 0 Å². The summed E-state index contributed by atoms with van der Waals surface area (Å²) >= 11 is 11.9. The highest BCUT2D eigenvalue weighted by Crippen LogP contribution is 2.31. The van der Waals surface area contributed by atoms with E-state index in [4.69, 9.17) is 32.7 Å². The number of aliphatic carboxylic acids is 1. The average Bonchev–Trinajstić information content (AvgIpc) is 2.78. The number of halogens is 2. The molecular formula is C13H8Cl2O3. The molecule has 18 heavy (non-hydrogen) atoms. The van der Waals surface area contributed by atoms with Crippen LogP contribution in [0.4, 0.5) is 0 Å². The van der Waals surface area contributed by atoms with Crippen molar-refractivity contribution in [3.05, 3.63) is 52.2 Å². The zero-order chi connectivity index (χ0) is 13.1. The average molecular weight is 283 g/mol. The highest BCUT2D eigenvalue weighted by molar-refractivity contribution is 6.35. The van der Waals surface area contributed by atoms with Gasteiger partial charge >= 0.3 is 5.97 Å². The molecule has 5 heteroatoms. The Labute approximate surface area is 113 Å². The lowest BCUT2D eigenvalue weighted by Crippen LogP contribution is -1.84. The third-order valence-electron chi connectivity index (χ3n) is 2.21. The molecule has 2 rings (SSSR count). The van der Waals surface area contributed by atoms with Gasteiger partial charge in [-0.1, -0.05) is 23.2 Å². The van der Waals surface area contributed by atoms with Gasteiger partial charge in [0.1, 0.15) is 11.5 Å². The quantitative estimate of drug-likeness (QED) is 0.852. The first-order chi connectivity index (χ1) is 8.56. The molecule has 0 aliphatic carbocycles. The molecule has 1 aromatic carbocycles. The minimum absolute atomic E-state index is 0.434. The van der Waals surface area contributed by atoms with E-state index in [0.717, 1.165) is 6.08 Å². The fourth-order valence-corrected chi connectivity index (χ4v) is 1.81. The fraction of sp³-hybridized carbons (Fsp3) is 0. The molecule has 0 aliphatic rings. The van der Waals surface area contributed by atoms with Gasteiger partial charge in [-0.2, -0.15) is 0 Å². The summed E-state index contributed by atoms with van der Waals surface area (Å²) in [6, 6.07) is 8.41. The van der Waals surface area contributed by atoms with Crippen molar-refractivity contribution in [3.8, 4) is 11.3 Å². The third kappa shape index (κ3) is 2.94. The first kappa shape index (κ1) is 12.7. The van der Waals surface area contributed by atoms with E-state index in [1.54, 1.807) is 30.3 Å². The summed E-state index contributed by atoms with van der Waals surface area (Å²) in [5.41, 5.74) is 0.666. The molecule has 0 bridgehead atoms. The largest absolute Gasteiger partial charge is 0.478 e. The van der Waals surface area contributed by atoms with E-state index in [1.807, 2.05) is 0 Å². The zero-order valence-corrected chi connectivity index (χ0v) is 10.6. The molecule has 0 unspecified atom stereocenters. The second-order valence-electron chi connectivity index (χ2n) is 3.50. The molecule has 0 atom stereocenters. The molecule has 0 fully saturated rings. The van der Waals surface area contributed by atoms with Crippen molar-refractivity contribution >= 4 is 35.2 Å². The fourth-order valence-electron chi connectivity index (χ4n) is 1.43. The molecule has 1 aromatic heterocycles. The van der Waals surface area contributed by atoms with Gasteiger partial charge in [-0.3, -0.25) is 0 Å². The van der Waals surface area contributed by atoms with Crippen molar-refractivity contribution in [3.63, 3.8) is 0 Å². The molecule has 3 nitrogen and oxygen atoms in total. The Hall–Kier alpha value is -1.71. The van der Waals surface area contributed by atoms with Crippen LogP contribution in [0.15, 0.2) is 40.8 Å². The Morgan fingerprint density at radius 3 is 2.72 bits per heavy atom. The van der Waals surface area contributed by atoms with Crippen LogP contribution < -0.4 is 0 Å². The summed E-state index contributed by atoms with van der Waals surface area (Å²) in [6.07, 6.45) is 2.37. The summed E-state index contributed by atoms with van der Waals surface area (Å²) in [4.78, 5) is 10.4. The van der Waals surface area contributed by atoms with Crippen molar-refractivity contribution < 1.29 is 14.3 Å². The second-order valence-corrected chi connectivity index (χ2v) is 4.34. The SMILES string of the molecule is O=C(O)/C=C/c1ccc(-c2cc(Cl)ccc2Cl)o1. The summed E-state index contributed by atoms with van der Waals surface area (Å²) < 4.78 is 5.46. The number of rotatable bonds is 3. The van der Waals surface area contributed by atoms with Crippen LogP contribution in [-0.2, 0) is 4.79 Å². The smallest absolute Gasteiger partial charge is 0.328 e. The first-order valence-corrected chi connectivity index (χ1v) is 5.78. The molecule has 1 heterocycles. The van der Waals surface area contributed by atoms with Gasteiger partial charge in [0.25, 0.3) is 0 Å². The lowest BCUT2D eigenvalue weighted by molar-refractivity contribution is -0.131. The maximum Gasteiger partial charge on any atom is 0.328 e. The van der Waals surface area contributed by atoms with Crippen molar-refractivity contribution in [1.82, 2.24) is 0 Å². The van der Waals surface area contributed by atoms with E-state index < -0.39 is 5.97 Å². The van der Waals surface area contributed by atoms with Crippen LogP contribution in [0.1, 0.15) is 5.76 Å². The minimum atomic E-state index is -1.03. The third-order valence-corrected chi connectivity index (χ3v) is 2.78. The van der Waals surface area contributed by atoms with Gasteiger partial charge in [0.2, 0.25) is 0 Å². The summed E-state index contributed by atoms with van der Waals surface area (Å²) in [6.45, 7) is 0. The van der Waals surface area contributed by atoms with Gasteiger partial charge in [0.15, 0.2) is 0 Å². The second kappa shape index (κ2) is 5.29. The molecule has 0 amide bonds. The van der Waals surface area contributed by atoms with E-state index in [9.17, 15) is 4.79 Å². The number of hydrogen-bond donors (Lipinski definition) is 1. The molecule has 1 N–H and O–H groups in total. The lowest BCUT2D eigenvalue weighted by Gasteiger charge is -2.00. The topological polar surface area (TPSA) is 50.4 Å². The lowest BCUT2D eigenvalue weighted by atomic mass is 10.2. The molecule has 92 valence electrons. The highest BCUT2D eigenvalue weighted by atomic mass is 35.5. The van der Waals surface area contributed by atoms with E-state index in [1.165, 1.54) is 6.08 Å². The number of carboxylic acids is 1. The van der Waals surface area contributed by atoms with Gasteiger partial charge in [-0.05, 0) is 36.4 Å². The predicted octanol–water partition coefficient (Wildman–Crippen LogP) is 4.35. The van der Waals surface area contributed by atoms with E-state index in [0.29, 0.717) is 27.1 Å². The Morgan fingerprint density at radius 2 is 2.00 bits per heavy atom. The molecule has 0 spiro atoms. The van der Waals surface area contributed by atoms with Gasteiger partial charge in [-0.25, -0.2) is 4.79 Å². The first-order valence-electron chi connectivity index (χ1n) is 5.02. The number of carboxylic acid groups (broad SMARTS) is 1. The van der Waals surface area contributed by atoms with Crippen molar-refractivity contribution in [2.24, 2.45) is 0 Å². The van der Waals surface area contributed by atoms with Crippen LogP contribution in [0, 0.1) is 0 Å². The van der Waals surface area contributed by atoms with Crippen LogP contribution in [0.25, 0.3) is 17.4 Å². The van der Waals surface area contributed by atoms with Crippen molar-refractivity contribution in [2.45, 2.75) is 0 Å². The normalized spacial score (nSPS) is 11.0. The molecule has 0 radical (unpaired) electrons. The number of benzene rings is 1. The van der Waals surface area contributed by atoms with Gasteiger partial charge in [0.05, 0.1) is 5.02 Å². The van der Waals surface area contributed by atoms with Crippen LogP contribution in [-0.4, -0.2) is 11.1 Å². The Bertz CT molecular complexity index is 614. The maximum absolute atomic E-state index is 10.4. The van der Waals surface area contributed by atoms with Gasteiger partial charge in [-0.15, -0.1) is 0 Å². The van der Waals surface area contributed by atoms with Gasteiger partial charge in [0, 0.05) is 16.7 Å². The Balaban J connectivity index is 2.35. The number of furan rings is 1. The molecular weight excluding hydrogens is 275 g/mol. The Morgan fingerprint density at radius 1 is 1.22 bits per heavy atom. The van der Waals surface area contributed by atoms with E-state index in [2.05, 4.69) is 0 Å². The number of carbonyl (C=O) groups is 1. The van der Waals surface area contributed by atoms with Crippen LogP contribution in [0.3, 0.4) is 0 Å². The summed E-state index contributed by atoms with van der Waals surface area (Å²) in [7, 11) is 0. The monoisotopic (exact) mass is 282 g/mol. The van der Waals surface area contributed by atoms with Crippen LogP contribution in [0.5, 0.6) is 0 Å². The zero-order valence-electron chi connectivity index (χ0n) is 9.06. The summed E-state index contributed by atoms with van der Waals surface area (Å²) in [5, 5.41) is 9.58. The van der Waals surface area contributed by atoms with Crippen LogP contribution in [0.2, 0.25) is 10.0 Å². The molecule has 2 aromatic rings. The maximum atomic E-state index is 10.4. The Kier molecular flexibility index (Phi) is 3.75. The predicted molar refractivity (Wildman–Crippen MR) is 70.8 cm³/mol. The molecule has 0 aliphatic heterocycles. The highest BCUT2D eigenvalue weighted by Gasteiger charge is 2.08. The van der Waals surface area contributed by atoms with E-state index >= 15 is 0 Å². The molecule has 0 saturated carbocycles. The standard InChI is InChI=1S/C13H8Cl2O3/c14-8-1-4-11(15)10(7-8)12-5-2-9(18-12)3-6-13(16)17/h1-7H,(H,16,17)/b6-3+. The van der Waals surface area contributed by atoms with Crippen molar-refractivity contribution in [2.75, 3.05) is 0 Å².